The van der Waals surface area contributed by atoms with Gasteiger partial charge in [-0.25, -0.2) is 0 Å². The maximum atomic E-state index is 14.5. The third-order valence-corrected chi connectivity index (χ3v) is 13.5. The van der Waals surface area contributed by atoms with E-state index in [2.05, 4.69) is 58.5 Å². The van der Waals surface area contributed by atoms with Crippen LogP contribution in [0.1, 0.15) is 117 Å². The number of hydrogen-bond acceptors (Lipinski definition) is 18. The molecule has 1 heterocycles. The van der Waals surface area contributed by atoms with Gasteiger partial charge in [-0.05, 0) is 109 Å². The van der Waals surface area contributed by atoms with E-state index in [9.17, 15) is 63.0 Å². The normalized spacial score (nSPS) is 22.8. The van der Waals surface area contributed by atoms with E-state index in [4.69, 9.17) is 28.7 Å². The molecule has 29 nitrogen and oxygen atoms in total. The van der Waals surface area contributed by atoms with E-state index in [1.165, 1.54) is 13.8 Å². The minimum atomic E-state index is -1.70. The molecule has 83 heavy (non-hydrogen) atoms. The van der Waals surface area contributed by atoms with Crippen LogP contribution in [-0.2, 0) is 59.2 Å². The van der Waals surface area contributed by atoms with Gasteiger partial charge in [-0.15, -0.1) is 0 Å². The van der Waals surface area contributed by atoms with Gasteiger partial charge >= 0.3 is 0 Å². The zero-order valence-corrected chi connectivity index (χ0v) is 48.6. The summed E-state index contributed by atoms with van der Waals surface area (Å²) in [5, 5.41) is 49.5. The molecule has 0 aliphatic carbocycles. The number of aliphatic hydroxyl groups is 2. The van der Waals surface area contributed by atoms with E-state index in [0.29, 0.717) is 12.0 Å². The van der Waals surface area contributed by atoms with Gasteiger partial charge in [0.15, 0.2) is 0 Å². The lowest BCUT2D eigenvalue weighted by atomic mass is 10.00. The van der Waals surface area contributed by atoms with Gasteiger partial charge in [0.05, 0.1) is 12.2 Å². The van der Waals surface area contributed by atoms with E-state index in [-0.39, 0.29) is 90.0 Å². The number of aliphatic hydroxyl groups excluding tert-OH is 2. The first-order valence-electron chi connectivity index (χ1n) is 28.7. The molecule has 1 fully saturated rings. The minimum absolute atomic E-state index is 0.0152. The molecule has 1 aromatic carbocycles. The Morgan fingerprint density at radius 3 is 1.57 bits per heavy atom. The van der Waals surface area contributed by atoms with Crippen LogP contribution < -0.4 is 87.2 Å². The molecule has 12 atom stereocenters. The summed E-state index contributed by atoms with van der Waals surface area (Å²) in [6.07, 6.45) is -1.10. The van der Waals surface area contributed by atoms with Crippen LogP contribution in [0, 0.1) is 5.92 Å². The Morgan fingerprint density at radius 1 is 0.566 bits per heavy atom. The number of hydrogen-bond donors (Lipinski definition) is 18. The average Bonchev–Trinajstić information content (AvgIpc) is 3.48. The lowest BCUT2D eigenvalue weighted by Crippen LogP contribution is -2.62. The first-order valence-corrected chi connectivity index (χ1v) is 28.7. The molecule has 468 valence electrons. The molecule has 1 saturated heterocycles. The smallest absolute Gasteiger partial charge is 0.245 e. The Morgan fingerprint density at radius 2 is 1.06 bits per heavy atom. The average molecular weight is 1180 g/mol. The lowest BCUT2D eigenvalue weighted by Gasteiger charge is -2.29. The molecule has 2 rings (SSSR count). The summed E-state index contributed by atoms with van der Waals surface area (Å²) in [6.45, 7) is 6.83. The molecule has 11 amide bonds. The largest absolute Gasteiger partial charge is 0.391 e. The maximum absolute atomic E-state index is 14.5. The molecule has 0 saturated carbocycles. The van der Waals surface area contributed by atoms with Crippen molar-refractivity contribution in [3.8, 4) is 0 Å². The predicted octanol–water partition coefficient (Wildman–Crippen LogP) is -5.88. The molecule has 29 heteroatoms. The van der Waals surface area contributed by atoms with Crippen LogP contribution in [0.3, 0.4) is 0 Å². The number of amides is 11. The van der Waals surface area contributed by atoms with Gasteiger partial charge in [0.2, 0.25) is 65.0 Å². The highest BCUT2D eigenvalue weighted by molar-refractivity contribution is 5.99. The fourth-order valence-electron chi connectivity index (χ4n) is 8.85. The van der Waals surface area contributed by atoms with E-state index in [0.717, 1.165) is 19.3 Å². The van der Waals surface area contributed by atoms with Crippen LogP contribution in [0.15, 0.2) is 30.3 Å². The summed E-state index contributed by atoms with van der Waals surface area (Å²) in [5.41, 5.74) is 29.9. The molecule has 0 spiro atoms. The Hall–Kier alpha value is -6.89. The highest BCUT2D eigenvalue weighted by atomic mass is 16.3. The van der Waals surface area contributed by atoms with Crippen LogP contribution in [0.5, 0.6) is 0 Å². The summed E-state index contributed by atoms with van der Waals surface area (Å²) in [5.74, 6) is -9.95. The number of carbonyl (C=O) groups excluding carboxylic acids is 11. The van der Waals surface area contributed by atoms with Gasteiger partial charge in [-0.1, -0.05) is 70.4 Å². The minimum Gasteiger partial charge on any atom is -0.391 e. The van der Waals surface area contributed by atoms with Crippen molar-refractivity contribution >= 4 is 65.0 Å². The van der Waals surface area contributed by atoms with Crippen molar-refractivity contribution < 1.29 is 63.0 Å². The number of nitrogens with one attached hydrogen (secondary N) is 11. The van der Waals surface area contributed by atoms with E-state index in [1.54, 1.807) is 44.2 Å². The number of carbonyl (C=O) groups is 11. The molecule has 1 aliphatic rings. The van der Waals surface area contributed by atoms with Crippen molar-refractivity contribution in [2.75, 3.05) is 39.3 Å². The predicted molar refractivity (Wildman–Crippen MR) is 307 cm³/mol. The monoisotopic (exact) mass is 1170 g/mol. The van der Waals surface area contributed by atoms with Gasteiger partial charge in [0.1, 0.15) is 60.4 Å². The van der Waals surface area contributed by atoms with Crippen LogP contribution in [0.25, 0.3) is 0 Å². The molecular weight excluding hydrogens is 1080 g/mol. The lowest BCUT2D eigenvalue weighted by molar-refractivity contribution is -0.137. The number of unbranched alkanes of at least 4 members (excludes halogenated alkanes) is 3. The number of nitrogens with two attached hydrogens (primary N) is 5. The molecule has 1 aromatic rings. The highest BCUT2D eigenvalue weighted by Crippen LogP contribution is 2.12. The molecule has 0 aromatic heterocycles. The second-order valence-electron chi connectivity index (χ2n) is 21.1. The fourth-order valence-corrected chi connectivity index (χ4v) is 8.85. The van der Waals surface area contributed by atoms with Gasteiger partial charge in [-0.3, -0.25) is 52.7 Å². The first kappa shape index (κ1) is 72.2. The van der Waals surface area contributed by atoms with E-state index >= 15 is 0 Å². The summed E-state index contributed by atoms with van der Waals surface area (Å²) >= 11 is 0. The molecule has 0 unspecified atom stereocenters. The van der Waals surface area contributed by atoms with Crippen LogP contribution in [0.4, 0.5) is 0 Å². The van der Waals surface area contributed by atoms with Crippen molar-refractivity contribution in [1.29, 1.82) is 0 Å². The maximum Gasteiger partial charge on any atom is 0.245 e. The third kappa shape index (κ3) is 26.1. The standard InChI is InChI=1S/C54H94N16O13/c1-6-7-8-12-15-42(73)61-34(16-22-55)49(78)70-44(32(5)72)54(83)66-37(19-25-58)46(75)65-39-21-27-60-53(82)43(31(4)71)69-50(79)38(20-26-59)63-45(74)35(17-23-56)64-51(80)40(28-30(2)3)67-52(81)41(29-33-13-10-9-11-14-33)68-47(76)36(18-24-57)62-48(39)77/h9-11,13-14,30-32,34-41,43-44,71-72H,6-8,12,15-29,55-59H2,1-5H3,(H,60,82)(H,61,73)(H,62,77)(H,63,74)(H,64,80)(H,65,75)(H,66,83)(H,67,81)(H,68,76)(H,69,79)(H,70,78)/t31-,32-,34+,35+,36+,37+,38+,39+,40+,41-,43+,44+/m1/s1. The van der Waals surface area contributed by atoms with Gasteiger partial charge < -0.3 is 97.4 Å². The number of benzene rings is 1. The summed E-state index contributed by atoms with van der Waals surface area (Å²) in [4.78, 5) is 153. The molecule has 1 aliphatic heterocycles. The van der Waals surface area contributed by atoms with Crippen LogP contribution in [0.2, 0.25) is 0 Å². The van der Waals surface area contributed by atoms with Crippen molar-refractivity contribution in [3.63, 3.8) is 0 Å². The van der Waals surface area contributed by atoms with E-state index in [1.807, 2.05) is 6.92 Å². The topological polar surface area (TPSA) is 491 Å². The summed E-state index contributed by atoms with van der Waals surface area (Å²) < 4.78 is 0. The quantitative estimate of drug-likeness (QED) is 0.0348. The second-order valence-corrected chi connectivity index (χ2v) is 21.1. The molecular formula is C54H94N16O13. The second kappa shape index (κ2) is 38.8. The van der Waals surface area contributed by atoms with Crippen molar-refractivity contribution in [2.45, 2.75) is 191 Å². The van der Waals surface area contributed by atoms with Crippen molar-refractivity contribution in [1.82, 2.24) is 58.5 Å². The van der Waals surface area contributed by atoms with Crippen LogP contribution in [-0.4, -0.2) is 187 Å². The fraction of sp³-hybridized carbons (Fsp3) is 0.685. The molecule has 0 bridgehead atoms. The first-order chi connectivity index (χ1) is 39.4. The Bertz CT molecular complexity index is 2260. The highest BCUT2D eigenvalue weighted by Gasteiger charge is 2.37. The molecule has 0 radical (unpaired) electrons. The van der Waals surface area contributed by atoms with Gasteiger partial charge in [0, 0.05) is 19.4 Å². The van der Waals surface area contributed by atoms with Crippen molar-refractivity contribution in [2.24, 2.45) is 34.6 Å². The van der Waals surface area contributed by atoms with Crippen molar-refractivity contribution in [3.05, 3.63) is 35.9 Å². The van der Waals surface area contributed by atoms with Gasteiger partial charge in [0.25, 0.3) is 0 Å². The van der Waals surface area contributed by atoms with Gasteiger partial charge in [-0.2, -0.15) is 0 Å². The summed E-state index contributed by atoms with van der Waals surface area (Å²) in [6, 6.07) is -6.22. The third-order valence-electron chi connectivity index (χ3n) is 13.5. The molecule has 23 N–H and O–H groups in total. The summed E-state index contributed by atoms with van der Waals surface area (Å²) in [7, 11) is 0. The van der Waals surface area contributed by atoms with Crippen LogP contribution >= 0.6 is 0 Å². The number of rotatable bonds is 28. The Kier molecular flexibility index (Phi) is 33.8. The Labute approximate surface area is 485 Å². The van der Waals surface area contributed by atoms with E-state index < -0.39 is 151 Å². The Balaban J connectivity index is 2.70. The SMILES string of the molecule is CCCCCCC(=O)N[C@@H](CCN)C(=O)N[C@H](C(=O)N[C@@H](CCN)C(=O)N[C@H]1CCNC(=O)[C@H]([C@@H](C)O)NC(=O)[C@H](CCN)NC(=O)[C@H](CCN)NC(=O)[C@H](CC(C)C)NC(=O)[C@@H](Cc2ccccc2)NC(=O)[C@H](CCN)NC1=O)[C@@H](C)O. The zero-order chi connectivity index (χ0) is 62.2. The zero-order valence-electron chi connectivity index (χ0n) is 48.6.